The maximum Gasteiger partial charge on any atom is 0.240 e. The highest BCUT2D eigenvalue weighted by Gasteiger charge is 2.28. The topological polar surface area (TPSA) is 67.4 Å². The fraction of sp³-hybridized carbons (Fsp3) is 0.600. The molecular weight excluding hydrogens is 288 g/mol. The largest absolute Gasteiger partial charge is 0.496 e. The predicted octanol–water partition coefficient (Wildman–Crippen LogP) is 1.67. The fourth-order valence-electron chi connectivity index (χ4n) is 2.64. The van der Waals surface area contributed by atoms with Crippen molar-refractivity contribution < 1.29 is 13.2 Å². The average Bonchev–Trinajstić information content (AvgIpc) is 2.46. The van der Waals surface area contributed by atoms with Gasteiger partial charge in [-0.25, -0.2) is 13.1 Å². The van der Waals surface area contributed by atoms with Gasteiger partial charge in [0, 0.05) is 13.1 Å². The van der Waals surface area contributed by atoms with Gasteiger partial charge in [-0.3, -0.25) is 0 Å². The Morgan fingerprint density at radius 3 is 2.76 bits per heavy atom. The van der Waals surface area contributed by atoms with Crippen LogP contribution in [0.15, 0.2) is 23.1 Å². The van der Waals surface area contributed by atoms with Gasteiger partial charge in [0.15, 0.2) is 0 Å². The van der Waals surface area contributed by atoms with Crippen LogP contribution in [0.3, 0.4) is 0 Å². The van der Waals surface area contributed by atoms with Crippen LogP contribution in [0, 0.1) is 12.3 Å². The molecule has 0 bridgehead atoms. The van der Waals surface area contributed by atoms with E-state index in [0.717, 1.165) is 31.5 Å². The molecular formula is C15H24N2O3S. The summed E-state index contributed by atoms with van der Waals surface area (Å²) in [6.45, 7) is 6.26. The lowest BCUT2D eigenvalue weighted by Gasteiger charge is -2.34. The lowest BCUT2D eigenvalue weighted by atomic mass is 9.83. The van der Waals surface area contributed by atoms with E-state index in [-0.39, 0.29) is 10.3 Å². The summed E-state index contributed by atoms with van der Waals surface area (Å²) in [6, 6.07) is 4.91. The van der Waals surface area contributed by atoms with Crippen LogP contribution in [0.4, 0.5) is 0 Å². The van der Waals surface area contributed by atoms with Gasteiger partial charge in [0.05, 0.1) is 12.0 Å². The number of sulfonamides is 1. The van der Waals surface area contributed by atoms with Gasteiger partial charge in [-0.2, -0.15) is 0 Å². The van der Waals surface area contributed by atoms with Crippen LogP contribution in [0.2, 0.25) is 0 Å². The minimum atomic E-state index is -3.48. The first-order chi connectivity index (χ1) is 9.86. The second-order valence-corrected chi connectivity index (χ2v) is 7.81. The number of hydrogen-bond donors (Lipinski definition) is 2. The summed E-state index contributed by atoms with van der Waals surface area (Å²) in [5.41, 5.74) is 0.790. The summed E-state index contributed by atoms with van der Waals surface area (Å²) in [4.78, 5) is 0.285. The summed E-state index contributed by atoms with van der Waals surface area (Å²) in [5.74, 6) is 0.692. The first-order valence-electron chi connectivity index (χ1n) is 7.21. The zero-order chi connectivity index (χ0) is 15.5. The van der Waals surface area contributed by atoms with Crippen LogP contribution in [-0.4, -0.2) is 35.2 Å². The van der Waals surface area contributed by atoms with Crippen LogP contribution < -0.4 is 14.8 Å². The number of aryl methyl sites for hydroxylation is 1. The van der Waals surface area contributed by atoms with Gasteiger partial charge < -0.3 is 10.1 Å². The Balaban J connectivity index is 2.09. The first-order valence-corrected chi connectivity index (χ1v) is 8.70. The second kappa shape index (κ2) is 6.34. The van der Waals surface area contributed by atoms with E-state index in [1.807, 2.05) is 6.92 Å². The van der Waals surface area contributed by atoms with Crippen LogP contribution in [0.5, 0.6) is 5.75 Å². The molecule has 0 saturated carbocycles. The van der Waals surface area contributed by atoms with Gasteiger partial charge in [0.25, 0.3) is 0 Å². The van der Waals surface area contributed by atoms with Crippen molar-refractivity contribution in [2.45, 2.75) is 31.6 Å². The summed E-state index contributed by atoms with van der Waals surface area (Å²) in [7, 11) is -1.90. The van der Waals surface area contributed by atoms with E-state index in [9.17, 15) is 8.42 Å². The number of ether oxygens (including phenoxy) is 1. The molecule has 1 aliphatic heterocycles. The molecule has 118 valence electrons. The Morgan fingerprint density at radius 2 is 2.19 bits per heavy atom. The third-order valence-corrected chi connectivity index (χ3v) is 5.45. The number of nitrogens with one attached hydrogen (secondary N) is 2. The maximum absolute atomic E-state index is 12.4. The van der Waals surface area contributed by atoms with Gasteiger partial charge >= 0.3 is 0 Å². The zero-order valence-electron chi connectivity index (χ0n) is 12.9. The molecule has 0 spiro atoms. The van der Waals surface area contributed by atoms with Gasteiger partial charge in [-0.1, -0.05) is 6.92 Å². The van der Waals surface area contributed by atoms with Crippen LogP contribution >= 0.6 is 0 Å². The molecule has 1 aromatic carbocycles. The van der Waals surface area contributed by atoms with E-state index in [0.29, 0.717) is 12.3 Å². The van der Waals surface area contributed by atoms with E-state index >= 15 is 0 Å². The molecule has 5 nitrogen and oxygen atoms in total. The van der Waals surface area contributed by atoms with Gasteiger partial charge in [-0.15, -0.1) is 0 Å². The number of rotatable bonds is 5. The molecule has 0 amide bonds. The highest BCUT2D eigenvalue weighted by Crippen LogP contribution is 2.26. The lowest BCUT2D eigenvalue weighted by Crippen LogP contribution is -2.45. The molecule has 1 unspecified atom stereocenters. The molecule has 1 heterocycles. The lowest BCUT2D eigenvalue weighted by molar-refractivity contribution is 0.238. The van der Waals surface area contributed by atoms with Gasteiger partial charge in [0.1, 0.15) is 5.75 Å². The number of methoxy groups -OCH3 is 1. The van der Waals surface area contributed by atoms with Crippen molar-refractivity contribution in [3.8, 4) is 5.75 Å². The SMILES string of the molecule is COc1ccc(S(=O)(=O)NCC2(C)CCCNC2)cc1C. The van der Waals surface area contributed by atoms with Crippen molar-refractivity contribution >= 4 is 10.0 Å². The standard InChI is InChI=1S/C15H24N2O3S/c1-12-9-13(5-6-14(12)20-3)21(18,19)17-11-15(2)7-4-8-16-10-15/h5-6,9,16-17H,4,7-8,10-11H2,1-3H3. The van der Waals surface area contributed by atoms with Crippen LogP contribution in [0.1, 0.15) is 25.3 Å². The van der Waals surface area contributed by atoms with E-state index in [1.54, 1.807) is 25.3 Å². The first kappa shape index (κ1) is 16.3. The van der Waals surface area contributed by atoms with E-state index < -0.39 is 10.0 Å². The Labute approximate surface area is 127 Å². The molecule has 2 N–H and O–H groups in total. The van der Waals surface area contributed by atoms with E-state index in [4.69, 9.17) is 4.74 Å². The molecule has 2 rings (SSSR count). The molecule has 0 aliphatic carbocycles. The summed E-state index contributed by atoms with van der Waals surface area (Å²) < 4.78 is 32.7. The van der Waals surface area contributed by atoms with Crippen molar-refractivity contribution in [2.24, 2.45) is 5.41 Å². The second-order valence-electron chi connectivity index (χ2n) is 6.05. The molecule has 1 saturated heterocycles. The van der Waals surface area contributed by atoms with Gasteiger partial charge in [0.2, 0.25) is 10.0 Å². The molecule has 1 aliphatic rings. The highest BCUT2D eigenvalue weighted by atomic mass is 32.2. The molecule has 1 aromatic rings. The molecule has 0 radical (unpaired) electrons. The maximum atomic E-state index is 12.4. The monoisotopic (exact) mass is 312 g/mol. The zero-order valence-corrected chi connectivity index (χ0v) is 13.7. The predicted molar refractivity (Wildman–Crippen MR) is 83.1 cm³/mol. The minimum absolute atomic E-state index is 0.0210. The van der Waals surface area contributed by atoms with Crippen LogP contribution in [0.25, 0.3) is 0 Å². The molecule has 6 heteroatoms. The van der Waals surface area contributed by atoms with Crippen LogP contribution in [-0.2, 0) is 10.0 Å². The Hall–Kier alpha value is -1.11. The quantitative estimate of drug-likeness (QED) is 0.868. The smallest absolute Gasteiger partial charge is 0.240 e. The summed E-state index contributed by atoms with van der Waals surface area (Å²) in [5, 5.41) is 3.32. The third kappa shape index (κ3) is 3.96. The van der Waals surface area contributed by atoms with Crippen molar-refractivity contribution in [3.05, 3.63) is 23.8 Å². The number of hydrogen-bond acceptors (Lipinski definition) is 4. The third-order valence-electron chi connectivity index (χ3n) is 4.05. The summed E-state index contributed by atoms with van der Waals surface area (Å²) >= 11 is 0. The van der Waals surface area contributed by atoms with E-state index in [1.165, 1.54) is 0 Å². The van der Waals surface area contributed by atoms with E-state index in [2.05, 4.69) is 17.0 Å². The normalized spacial score (nSPS) is 23.0. The molecule has 1 atom stereocenters. The Bertz CT molecular complexity index is 593. The van der Waals surface area contributed by atoms with Gasteiger partial charge in [-0.05, 0) is 55.5 Å². The number of piperidine rings is 1. The molecule has 0 aromatic heterocycles. The molecule has 1 fully saturated rings. The fourth-order valence-corrected chi connectivity index (χ4v) is 3.92. The van der Waals surface area contributed by atoms with Crippen molar-refractivity contribution in [1.29, 1.82) is 0 Å². The minimum Gasteiger partial charge on any atom is -0.496 e. The highest BCUT2D eigenvalue weighted by molar-refractivity contribution is 7.89. The van der Waals surface area contributed by atoms with Crippen molar-refractivity contribution in [2.75, 3.05) is 26.7 Å². The average molecular weight is 312 g/mol. The van der Waals surface area contributed by atoms with Crippen molar-refractivity contribution in [3.63, 3.8) is 0 Å². The van der Waals surface area contributed by atoms with Crippen molar-refractivity contribution in [1.82, 2.24) is 10.0 Å². The summed E-state index contributed by atoms with van der Waals surface area (Å²) in [6.07, 6.45) is 2.12. The number of benzene rings is 1. The Kier molecular flexibility index (Phi) is 4.91. The molecule has 21 heavy (non-hydrogen) atoms. The Morgan fingerprint density at radius 1 is 1.43 bits per heavy atom.